The van der Waals surface area contributed by atoms with Crippen molar-refractivity contribution >= 4 is 5.91 Å². The SMILES string of the molecule is CCCO[C@H]1CCCN(C(=O)Cc2cccnc2)C1. The number of likely N-dealkylation sites (tertiary alicyclic amines) is 1. The molecule has 0 N–H and O–H groups in total. The van der Waals surface area contributed by atoms with E-state index in [1.165, 1.54) is 0 Å². The van der Waals surface area contributed by atoms with Crippen LogP contribution in [-0.2, 0) is 16.0 Å². The average Bonchev–Trinajstić information content (AvgIpc) is 2.46. The molecule has 1 aliphatic heterocycles. The molecule has 0 saturated carbocycles. The number of carbonyl (C=O) groups excluding carboxylic acids is 1. The van der Waals surface area contributed by atoms with Gasteiger partial charge in [0.25, 0.3) is 0 Å². The van der Waals surface area contributed by atoms with Crippen LogP contribution in [-0.4, -0.2) is 41.6 Å². The van der Waals surface area contributed by atoms with E-state index in [-0.39, 0.29) is 12.0 Å². The van der Waals surface area contributed by atoms with Crippen molar-refractivity contribution in [3.63, 3.8) is 0 Å². The number of pyridine rings is 1. The molecule has 1 aromatic rings. The van der Waals surface area contributed by atoms with Crippen LogP contribution in [0.3, 0.4) is 0 Å². The number of rotatable bonds is 5. The minimum absolute atomic E-state index is 0.179. The second-order valence-electron chi connectivity index (χ2n) is 5.01. The Labute approximate surface area is 114 Å². The van der Waals surface area contributed by atoms with Gasteiger partial charge in [0.15, 0.2) is 0 Å². The van der Waals surface area contributed by atoms with Crippen LogP contribution in [0.5, 0.6) is 0 Å². The van der Waals surface area contributed by atoms with Crippen molar-refractivity contribution in [2.24, 2.45) is 0 Å². The fourth-order valence-corrected chi connectivity index (χ4v) is 2.37. The summed E-state index contributed by atoms with van der Waals surface area (Å²) >= 11 is 0. The number of aromatic nitrogens is 1. The van der Waals surface area contributed by atoms with Crippen LogP contribution in [0.25, 0.3) is 0 Å². The molecule has 0 radical (unpaired) electrons. The standard InChI is InChI=1S/C15H22N2O2/c1-2-9-19-14-6-4-8-17(12-14)15(18)10-13-5-3-7-16-11-13/h3,5,7,11,14H,2,4,6,8-10,12H2,1H3/t14-/m0/s1. The predicted molar refractivity (Wildman–Crippen MR) is 73.8 cm³/mol. The van der Waals surface area contributed by atoms with Gasteiger partial charge in [-0.15, -0.1) is 0 Å². The molecule has 2 heterocycles. The molecule has 4 heteroatoms. The molecule has 19 heavy (non-hydrogen) atoms. The van der Waals surface area contributed by atoms with Gasteiger partial charge in [-0.1, -0.05) is 13.0 Å². The summed E-state index contributed by atoms with van der Waals surface area (Å²) in [7, 11) is 0. The first-order valence-corrected chi connectivity index (χ1v) is 7.08. The molecule has 1 aromatic heterocycles. The molecular weight excluding hydrogens is 240 g/mol. The van der Waals surface area contributed by atoms with Gasteiger partial charge in [-0.3, -0.25) is 9.78 Å². The maximum absolute atomic E-state index is 12.2. The van der Waals surface area contributed by atoms with Crippen LogP contribution < -0.4 is 0 Å². The Balaban J connectivity index is 1.85. The third-order valence-corrected chi connectivity index (χ3v) is 3.37. The highest BCUT2D eigenvalue weighted by molar-refractivity contribution is 5.78. The lowest BCUT2D eigenvalue weighted by Gasteiger charge is -2.32. The van der Waals surface area contributed by atoms with E-state index >= 15 is 0 Å². The number of ether oxygens (including phenoxy) is 1. The lowest BCUT2D eigenvalue weighted by atomic mass is 10.1. The Kier molecular flexibility index (Phi) is 5.33. The quantitative estimate of drug-likeness (QED) is 0.815. The van der Waals surface area contributed by atoms with Crippen LogP contribution in [0, 0.1) is 0 Å². The molecule has 1 saturated heterocycles. The van der Waals surface area contributed by atoms with Gasteiger partial charge in [0, 0.05) is 32.1 Å². The molecule has 0 unspecified atom stereocenters. The van der Waals surface area contributed by atoms with Crippen molar-refractivity contribution in [1.29, 1.82) is 0 Å². The monoisotopic (exact) mass is 262 g/mol. The summed E-state index contributed by atoms with van der Waals surface area (Å²) in [5, 5.41) is 0. The Bertz CT molecular complexity index is 394. The smallest absolute Gasteiger partial charge is 0.227 e. The number of piperidine rings is 1. The number of hydrogen-bond donors (Lipinski definition) is 0. The van der Waals surface area contributed by atoms with Gasteiger partial charge >= 0.3 is 0 Å². The molecule has 4 nitrogen and oxygen atoms in total. The van der Waals surface area contributed by atoms with E-state index in [0.29, 0.717) is 6.42 Å². The summed E-state index contributed by atoms with van der Waals surface area (Å²) in [6.45, 7) is 4.48. The number of hydrogen-bond acceptors (Lipinski definition) is 3. The van der Waals surface area contributed by atoms with Crippen LogP contribution in [0.1, 0.15) is 31.7 Å². The molecule has 2 rings (SSSR count). The zero-order valence-electron chi connectivity index (χ0n) is 11.5. The molecule has 0 spiro atoms. The highest BCUT2D eigenvalue weighted by Crippen LogP contribution is 2.15. The minimum Gasteiger partial charge on any atom is -0.376 e. The highest BCUT2D eigenvalue weighted by atomic mass is 16.5. The molecule has 0 aromatic carbocycles. The van der Waals surface area contributed by atoms with Gasteiger partial charge < -0.3 is 9.64 Å². The van der Waals surface area contributed by atoms with E-state index in [4.69, 9.17) is 4.74 Å². The zero-order valence-corrected chi connectivity index (χ0v) is 11.5. The lowest BCUT2D eigenvalue weighted by molar-refractivity contribution is -0.134. The molecule has 1 amide bonds. The molecule has 0 aliphatic carbocycles. The maximum Gasteiger partial charge on any atom is 0.227 e. The predicted octanol–water partition coefficient (Wildman–Crippen LogP) is 2.04. The second kappa shape index (κ2) is 7.24. The van der Waals surface area contributed by atoms with Crippen molar-refractivity contribution in [2.75, 3.05) is 19.7 Å². The van der Waals surface area contributed by atoms with Crippen molar-refractivity contribution in [3.05, 3.63) is 30.1 Å². The Morgan fingerprint density at radius 3 is 3.21 bits per heavy atom. The summed E-state index contributed by atoms with van der Waals surface area (Å²) in [6.07, 6.45) is 7.26. The van der Waals surface area contributed by atoms with Crippen molar-refractivity contribution in [2.45, 2.75) is 38.7 Å². The third kappa shape index (κ3) is 4.31. The maximum atomic E-state index is 12.2. The molecular formula is C15H22N2O2. The van der Waals surface area contributed by atoms with Gasteiger partial charge in [-0.05, 0) is 30.9 Å². The van der Waals surface area contributed by atoms with Crippen LogP contribution in [0.15, 0.2) is 24.5 Å². The Morgan fingerprint density at radius 2 is 2.47 bits per heavy atom. The van der Waals surface area contributed by atoms with E-state index < -0.39 is 0 Å². The Morgan fingerprint density at radius 1 is 1.58 bits per heavy atom. The molecule has 1 aliphatic rings. The lowest BCUT2D eigenvalue weighted by Crippen LogP contribution is -2.44. The van der Waals surface area contributed by atoms with Gasteiger partial charge in [0.2, 0.25) is 5.91 Å². The minimum atomic E-state index is 0.179. The van der Waals surface area contributed by atoms with E-state index in [0.717, 1.165) is 44.5 Å². The summed E-state index contributed by atoms with van der Waals surface area (Å²) < 4.78 is 5.76. The summed E-state index contributed by atoms with van der Waals surface area (Å²) in [5.41, 5.74) is 0.976. The zero-order chi connectivity index (χ0) is 13.5. The van der Waals surface area contributed by atoms with Gasteiger partial charge in [-0.25, -0.2) is 0 Å². The molecule has 1 fully saturated rings. The summed E-state index contributed by atoms with van der Waals surface area (Å²) in [6, 6.07) is 3.81. The van der Waals surface area contributed by atoms with E-state index in [1.807, 2.05) is 17.0 Å². The molecule has 104 valence electrons. The summed E-state index contributed by atoms with van der Waals surface area (Å²) in [4.78, 5) is 18.2. The van der Waals surface area contributed by atoms with Crippen molar-refractivity contribution < 1.29 is 9.53 Å². The first-order valence-electron chi connectivity index (χ1n) is 7.08. The fraction of sp³-hybridized carbons (Fsp3) is 0.600. The topological polar surface area (TPSA) is 42.4 Å². The first-order chi connectivity index (χ1) is 9.29. The van der Waals surface area contributed by atoms with Gasteiger partial charge in [0.1, 0.15) is 0 Å². The third-order valence-electron chi connectivity index (χ3n) is 3.37. The normalized spacial score (nSPS) is 19.4. The fourth-order valence-electron chi connectivity index (χ4n) is 2.37. The first kappa shape index (κ1) is 14.0. The number of carbonyl (C=O) groups is 1. The number of amides is 1. The van der Waals surface area contributed by atoms with Crippen molar-refractivity contribution in [1.82, 2.24) is 9.88 Å². The number of nitrogens with zero attached hydrogens (tertiary/aromatic N) is 2. The van der Waals surface area contributed by atoms with Gasteiger partial charge in [-0.2, -0.15) is 0 Å². The second-order valence-corrected chi connectivity index (χ2v) is 5.01. The van der Waals surface area contributed by atoms with E-state index in [9.17, 15) is 4.79 Å². The van der Waals surface area contributed by atoms with E-state index in [1.54, 1.807) is 12.4 Å². The van der Waals surface area contributed by atoms with E-state index in [2.05, 4.69) is 11.9 Å². The van der Waals surface area contributed by atoms with Crippen molar-refractivity contribution in [3.8, 4) is 0 Å². The largest absolute Gasteiger partial charge is 0.376 e. The Hall–Kier alpha value is -1.42. The average molecular weight is 262 g/mol. The molecule has 1 atom stereocenters. The molecule has 0 bridgehead atoms. The van der Waals surface area contributed by atoms with Gasteiger partial charge in [0.05, 0.1) is 12.5 Å². The van der Waals surface area contributed by atoms with Crippen LogP contribution in [0.4, 0.5) is 0 Å². The highest BCUT2D eigenvalue weighted by Gasteiger charge is 2.23. The van der Waals surface area contributed by atoms with Crippen LogP contribution in [0.2, 0.25) is 0 Å². The van der Waals surface area contributed by atoms with Crippen LogP contribution >= 0.6 is 0 Å². The summed E-state index contributed by atoms with van der Waals surface area (Å²) in [5.74, 6) is 0.179.